The molecular formula is C10H20N2O3S3. The molecular weight excluding hydrogens is 292 g/mol. The van der Waals surface area contributed by atoms with E-state index in [4.69, 9.17) is 11.5 Å². The molecule has 0 saturated heterocycles. The lowest BCUT2D eigenvalue weighted by Gasteiger charge is -2.14. The third kappa shape index (κ3) is 6.44. The summed E-state index contributed by atoms with van der Waals surface area (Å²) in [6.07, 6.45) is 4.60. The van der Waals surface area contributed by atoms with Crippen LogP contribution in [0.3, 0.4) is 0 Å². The zero-order valence-corrected chi connectivity index (χ0v) is 13.0. The minimum Gasteiger partial charge on any atom is -0.602 e. The average Bonchev–Trinajstić information content (AvgIpc) is 2.39. The highest BCUT2D eigenvalue weighted by Gasteiger charge is 2.36. The molecule has 0 aliphatic rings. The van der Waals surface area contributed by atoms with Crippen molar-refractivity contribution in [1.82, 2.24) is 0 Å². The lowest BCUT2D eigenvalue weighted by molar-refractivity contribution is -0.115. The molecule has 8 heteroatoms. The van der Waals surface area contributed by atoms with Crippen LogP contribution < -0.4 is 11.5 Å². The van der Waals surface area contributed by atoms with Crippen molar-refractivity contribution in [2.75, 3.05) is 24.0 Å². The van der Waals surface area contributed by atoms with Crippen LogP contribution in [0, 0.1) is 0 Å². The summed E-state index contributed by atoms with van der Waals surface area (Å²) in [5.41, 5.74) is 11.2. The standard InChI is InChI=1S/C10H20N2O3S3/c1-16-5-3-7(11)9(13)18(15)10(14)8(12)4-6-17-2/h7-8H,3-6,11-12H2,1-2H3/t7-,8-/m1/s1. The van der Waals surface area contributed by atoms with Crippen LogP contribution in [0.4, 0.5) is 0 Å². The fraction of sp³-hybridized carbons (Fsp3) is 0.800. The van der Waals surface area contributed by atoms with E-state index >= 15 is 0 Å². The Morgan fingerprint density at radius 1 is 1.06 bits per heavy atom. The number of carbonyl (C=O) groups is 2. The summed E-state index contributed by atoms with van der Waals surface area (Å²) in [6.45, 7) is 0. The second-order valence-electron chi connectivity index (χ2n) is 3.68. The molecule has 0 aromatic carbocycles. The molecule has 18 heavy (non-hydrogen) atoms. The van der Waals surface area contributed by atoms with Crippen LogP contribution in [0.1, 0.15) is 12.8 Å². The molecule has 0 aromatic rings. The molecule has 5 nitrogen and oxygen atoms in total. The van der Waals surface area contributed by atoms with E-state index in [9.17, 15) is 14.1 Å². The van der Waals surface area contributed by atoms with Crippen LogP contribution in [0.15, 0.2) is 0 Å². The van der Waals surface area contributed by atoms with E-state index in [2.05, 4.69) is 0 Å². The van der Waals surface area contributed by atoms with Crippen LogP contribution in [-0.2, 0) is 20.8 Å². The third-order valence-electron chi connectivity index (χ3n) is 2.24. The van der Waals surface area contributed by atoms with Crippen molar-refractivity contribution < 1.29 is 14.1 Å². The highest BCUT2D eigenvalue weighted by atomic mass is 32.2. The van der Waals surface area contributed by atoms with E-state index < -0.39 is 33.5 Å². The summed E-state index contributed by atoms with van der Waals surface area (Å²) in [5, 5.41) is -1.43. The maximum Gasteiger partial charge on any atom is 0.354 e. The van der Waals surface area contributed by atoms with Gasteiger partial charge >= 0.3 is 10.2 Å². The van der Waals surface area contributed by atoms with Gasteiger partial charge in [-0.1, -0.05) is 0 Å². The largest absolute Gasteiger partial charge is 0.602 e. The number of hydrogen-bond acceptors (Lipinski definition) is 7. The molecule has 0 aromatic heterocycles. The number of rotatable bonds is 8. The molecule has 0 fully saturated rings. The van der Waals surface area contributed by atoms with Gasteiger partial charge in [-0.3, -0.25) is 0 Å². The molecule has 0 unspecified atom stereocenters. The lowest BCUT2D eigenvalue weighted by atomic mass is 10.3. The minimum absolute atomic E-state index is 0.416. The summed E-state index contributed by atoms with van der Waals surface area (Å²) >= 11 is 0.860. The zero-order valence-electron chi connectivity index (χ0n) is 10.6. The molecule has 0 aliphatic carbocycles. The summed E-state index contributed by atoms with van der Waals surface area (Å²) in [4.78, 5) is 23.3. The van der Waals surface area contributed by atoms with E-state index in [1.807, 2.05) is 12.5 Å². The molecule has 2 atom stereocenters. The van der Waals surface area contributed by atoms with Crippen molar-refractivity contribution in [1.29, 1.82) is 0 Å². The molecule has 0 bridgehead atoms. The van der Waals surface area contributed by atoms with Crippen LogP contribution >= 0.6 is 23.5 Å². The summed E-state index contributed by atoms with van der Waals surface area (Å²) < 4.78 is 11.7. The molecule has 106 valence electrons. The Morgan fingerprint density at radius 3 is 1.67 bits per heavy atom. The first kappa shape index (κ1) is 18.3. The second-order valence-corrected chi connectivity index (χ2v) is 7.00. The molecule has 0 rings (SSSR count). The van der Waals surface area contributed by atoms with Gasteiger partial charge in [-0.05, 0) is 36.9 Å². The van der Waals surface area contributed by atoms with Gasteiger partial charge in [0, 0.05) is 0 Å². The summed E-state index contributed by atoms with van der Waals surface area (Å²) in [5.74, 6) is 1.38. The van der Waals surface area contributed by atoms with E-state index in [0.717, 1.165) is 0 Å². The smallest absolute Gasteiger partial charge is 0.354 e. The molecule has 0 radical (unpaired) electrons. The molecule has 0 aliphatic heterocycles. The van der Waals surface area contributed by atoms with Gasteiger partial charge in [-0.15, -0.1) is 0 Å². The van der Waals surface area contributed by atoms with Gasteiger partial charge < -0.3 is 16.0 Å². The van der Waals surface area contributed by atoms with Crippen molar-refractivity contribution in [3.05, 3.63) is 0 Å². The number of carbonyl (C=O) groups excluding carboxylic acids is 2. The Bertz CT molecular complexity index is 253. The first-order chi connectivity index (χ1) is 8.45. The predicted octanol–water partition coefficient (Wildman–Crippen LogP) is -0.0509. The van der Waals surface area contributed by atoms with Gasteiger partial charge in [-0.2, -0.15) is 23.5 Å². The third-order valence-corrected chi connectivity index (χ3v) is 4.86. The number of hydrogen-bond donors (Lipinski definition) is 2. The SMILES string of the molecule is CSCC[C@@H](N)C(=O)[S+]([O-])C(=O)[C@H](N)CCSC. The van der Waals surface area contributed by atoms with Crippen LogP contribution in [0.2, 0.25) is 0 Å². The van der Waals surface area contributed by atoms with Crippen molar-refractivity contribution in [3.63, 3.8) is 0 Å². The quantitative estimate of drug-likeness (QED) is 0.605. The second kappa shape index (κ2) is 10.1. The maximum absolute atomic E-state index is 11.7. The van der Waals surface area contributed by atoms with Gasteiger partial charge in [0.15, 0.2) is 0 Å². The molecule has 0 heterocycles. The van der Waals surface area contributed by atoms with E-state index in [0.29, 0.717) is 24.3 Å². The Morgan fingerprint density at radius 2 is 1.39 bits per heavy atom. The Labute approximate surface area is 119 Å². The fourth-order valence-corrected chi connectivity index (χ4v) is 3.06. The highest BCUT2D eigenvalue weighted by Crippen LogP contribution is 2.09. The molecule has 0 saturated carbocycles. The van der Waals surface area contributed by atoms with Crippen LogP contribution in [0.5, 0.6) is 0 Å². The van der Waals surface area contributed by atoms with Crippen molar-refractivity contribution in [3.8, 4) is 0 Å². The summed E-state index contributed by atoms with van der Waals surface area (Å²) in [6, 6.07) is -1.70. The Hall–Kier alpha value is 0.270. The van der Waals surface area contributed by atoms with Crippen molar-refractivity contribution >= 4 is 44.9 Å². The molecule has 4 N–H and O–H groups in total. The maximum atomic E-state index is 11.7. The van der Waals surface area contributed by atoms with Crippen LogP contribution in [0.25, 0.3) is 0 Å². The van der Waals surface area contributed by atoms with Gasteiger partial charge in [0.1, 0.15) is 23.3 Å². The Kier molecular flexibility index (Phi) is 10.3. The van der Waals surface area contributed by atoms with Gasteiger partial charge in [-0.25, -0.2) is 9.59 Å². The highest BCUT2D eigenvalue weighted by molar-refractivity contribution is 8.19. The topological polar surface area (TPSA) is 109 Å². The number of thioether (sulfide) groups is 2. The van der Waals surface area contributed by atoms with Gasteiger partial charge in [0.25, 0.3) is 0 Å². The normalized spacial score (nSPS) is 14.6. The zero-order chi connectivity index (χ0) is 14.1. The summed E-state index contributed by atoms with van der Waals surface area (Å²) in [7, 11) is 0. The molecule has 0 amide bonds. The first-order valence-corrected chi connectivity index (χ1v) is 9.38. The van der Waals surface area contributed by atoms with E-state index in [1.54, 1.807) is 23.5 Å². The minimum atomic E-state index is -2.22. The average molecular weight is 312 g/mol. The molecule has 0 spiro atoms. The van der Waals surface area contributed by atoms with Crippen molar-refractivity contribution in [2.45, 2.75) is 24.9 Å². The van der Waals surface area contributed by atoms with Crippen molar-refractivity contribution in [2.24, 2.45) is 11.5 Å². The Balaban J connectivity index is 4.30. The van der Waals surface area contributed by atoms with Gasteiger partial charge in [0.2, 0.25) is 0 Å². The number of nitrogens with two attached hydrogens (primary N) is 2. The predicted molar refractivity (Wildman–Crippen MR) is 80.1 cm³/mol. The van der Waals surface area contributed by atoms with Gasteiger partial charge in [0.05, 0.1) is 0 Å². The monoisotopic (exact) mass is 312 g/mol. The first-order valence-electron chi connectivity index (χ1n) is 5.44. The lowest BCUT2D eigenvalue weighted by Crippen LogP contribution is -2.45. The van der Waals surface area contributed by atoms with Crippen LogP contribution in [-0.4, -0.2) is 50.9 Å². The van der Waals surface area contributed by atoms with E-state index in [-0.39, 0.29) is 0 Å². The van der Waals surface area contributed by atoms with E-state index in [1.165, 1.54) is 0 Å². The fourth-order valence-electron chi connectivity index (χ4n) is 1.10.